The largest absolute Gasteiger partial charge is 0.492 e. The molecule has 0 unspecified atom stereocenters. The van der Waals surface area contributed by atoms with Gasteiger partial charge in [0.1, 0.15) is 18.2 Å². The van der Waals surface area contributed by atoms with Gasteiger partial charge in [0.05, 0.1) is 25.0 Å². The molecule has 0 bridgehead atoms. The third-order valence-electron chi connectivity index (χ3n) is 4.85. The Labute approximate surface area is 198 Å². The summed E-state index contributed by atoms with van der Waals surface area (Å²) in [5, 5.41) is 3.19. The highest BCUT2D eigenvalue weighted by Crippen LogP contribution is 2.28. The predicted octanol–water partition coefficient (Wildman–Crippen LogP) is 4.56. The molecule has 1 amide bonds. The smallest absolute Gasteiger partial charge is 0.251 e. The summed E-state index contributed by atoms with van der Waals surface area (Å²) in [6.07, 6.45) is 1.14. The number of rotatable bonds is 9. The summed E-state index contributed by atoms with van der Waals surface area (Å²) < 4.78 is 44.5. The molecule has 0 aliphatic carbocycles. The van der Waals surface area contributed by atoms with Crippen molar-refractivity contribution in [3.05, 3.63) is 94.3 Å². The van der Waals surface area contributed by atoms with Gasteiger partial charge in [0.15, 0.2) is 0 Å². The van der Waals surface area contributed by atoms with Crippen molar-refractivity contribution in [3.63, 3.8) is 0 Å². The van der Waals surface area contributed by atoms with Crippen LogP contribution in [0.3, 0.4) is 0 Å². The molecule has 0 aromatic heterocycles. The molecular weight excluding hydrogens is 467 g/mol. The zero-order valence-electron chi connectivity index (χ0n) is 18.2. The van der Waals surface area contributed by atoms with Crippen molar-refractivity contribution in [2.24, 2.45) is 0 Å². The van der Waals surface area contributed by atoms with Crippen LogP contribution in [-0.2, 0) is 16.6 Å². The Hall–Kier alpha value is -3.10. The van der Waals surface area contributed by atoms with Crippen LogP contribution in [0.15, 0.2) is 66.7 Å². The zero-order valence-corrected chi connectivity index (χ0v) is 19.8. The van der Waals surface area contributed by atoms with Gasteiger partial charge in [0, 0.05) is 10.6 Å². The number of anilines is 1. The fourth-order valence-corrected chi connectivity index (χ4v) is 4.23. The molecule has 0 saturated carbocycles. The lowest BCUT2D eigenvalue weighted by molar-refractivity contribution is 0.0947. The number of hydrogen-bond acceptors (Lipinski definition) is 4. The third kappa shape index (κ3) is 6.94. The number of nitrogens with zero attached hydrogens (tertiary/aromatic N) is 1. The topological polar surface area (TPSA) is 75.7 Å². The first-order valence-corrected chi connectivity index (χ1v) is 12.4. The molecule has 0 aliphatic rings. The summed E-state index contributed by atoms with van der Waals surface area (Å²) in [5.74, 6) is -0.114. The van der Waals surface area contributed by atoms with Crippen molar-refractivity contribution in [1.29, 1.82) is 0 Å². The Balaban J connectivity index is 1.60. The maximum Gasteiger partial charge on any atom is 0.251 e. The number of hydrogen-bond donors (Lipinski definition) is 1. The number of halogens is 2. The molecule has 0 spiro atoms. The van der Waals surface area contributed by atoms with E-state index in [1.54, 1.807) is 42.5 Å². The summed E-state index contributed by atoms with van der Waals surface area (Å²) in [5.41, 5.74) is 2.44. The molecule has 33 heavy (non-hydrogen) atoms. The molecule has 174 valence electrons. The van der Waals surface area contributed by atoms with Crippen LogP contribution in [0.1, 0.15) is 21.5 Å². The highest BCUT2D eigenvalue weighted by molar-refractivity contribution is 7.92. The number of ether oxygens (including phenoxy) is 1. The molecule has 0 fully saturated rings. The SMILES string of the molecule is Cc1ccc(Cl)cc1N(Cc1ccc(C(=O)NCCOc2ccc(F)cc2)cc1)S(C)(=O)=O. The van der Waals surface area contributed by atoms with Crippen LogP contribution in [0.2, 0.25) is 5.02 Å². The Kier molecular flexibility index (Phi) is 7.94. The minimum Gasteiger partial charge on any atom is -0.492 e. The van der Waals surface area contributed by atoms with E-state index in [9.17, 15) is 17.6 Å². The molecule has 0 aliphatic heterocycles. The van der Waals surface area contributed by atoms with E-state index in [-0.39, 0.29) is 31.4 Å². The van der Waals surface area contributed by atoms with Gasteiger partial charge >= 0.3 is 0 Å². The van der Waals surface area contributed by atoms with E-state index < -0.39 is 10.0 Å². The first-order valence-electron chi connectivity index (χ1n) is 10.1. The molecule has 0 atom stereocenters. The van der Waals surface area contributed by atoms with Gasteiger partial charge in [0.2, 0.25) is 10.0 Å². The van der Waals surface area contributed by atoms with Crippen LogP contribution in [0.5, 0.6) is 5.75 Å². The maximum atomic E-state index is 12.9. The predicted molar refractivity (Wildman–Crippen MR) is 128 cm³/mol. The van der Waals surface area contributed by atoms with Crippen molar-refractivity contribution in [2.45, 2.75) is 13.5 Å². The second-order valence-corrected chi connectivity index (χ2v) is 9.80. The summed E-state index contributed by atoms with van der Waals surface area (Å²) in [6.45, 7) is 2.43. The Morgan fingerprint density at radius 3 is 2.36 bits per heavy atom. The quantitative estimate of drug-likeness (QED) is 0.446. The first kappa shape index (κ1) is 24.5. The molecule has 3 aromatic rings. The van der Waals surface area contributed by atoms with Crippen LogP contribution < -0.4 is 14.4 Å². The molecular formula is C24H24ClFN2O4S. The second-order valence-electron chi connectivity index (χ2n) is 7.46. The Morgan fingerprint density at radius 1 is 1.06 bits per heavy atom. The van der Waals surface area contributed by atoms with Crippen molar-refractivity contribution in [3.8, 4) is 5.75 Å². The van der Waals surface area contributed by atoms with Gasteiger partial charge < -0.3 is 10.1 Å². The van der Waals surface area contributed by atoms with E-state index in [0.717, 1.165) is 17.4 Å². The normalized spacial score (nSPS) is 11.2. The minimum absolute atomic E-state index is 0.105. The van der Waals surface area contributed by atoms with Crippen LogP contribution in [0.4, 0.5) is 10.1 Å². The van der Waals surface area contributed by atoms with Crippen molar-refractivity contribution in [1.82, 2.24) is 5.32 Å². The van der Waals surface area contributed by atoms with Crippen LogP contribution in [0.25, 0.3) is 0 Å². The van der Waals surface area contributed by atoms with Gasteiger partial charge in [-0.05, 0) is 66.6 Å². The van der Waals surface area contributed by atoms with Gasteiger partial charge in [-0.25, -0.2) is 12.8 Å². The molecule has 6 nitrogen and oxygen atoms in total. The van der Waals surface area contributed by atoms with E-state index in [2.05, 4.69) is 5.32 Å². The van der Waals surface area contributed by atoms with Gasteiger partial charge in [0.25, 0.3) is 5.91 Å². The number of aryl methyl sites for hydroxylation is 1. The summed E-state index contributed by atoms with van der Waals surface area (Å²) >= 11 is 6.07. The van der Waals surface area contributed by atoms with Gasteiger partial charge in [-0.1, -0.05) is 29.8 Å². The monoisotopic (exact) mass is 490 g/mol. The number of nitrogens with one attached hydrogen (secondary N) is 1. The molecule has 0 radical (unpaired) electrons. The van der Waals surface area contributed by atoms with Gasteiger partial charge in [-0.3, -0.25) is 9.10 Å². The second kappa shape index (κ2) is 10.7. The first-order chi connectivity index (χ1) is 15.6. The number of sulfonamides is 1. The van der Waals surface area contributed by atoms with Crippen molar-refractivity contribution < 1.29 is 22.3 Å². The van der Waals surface area contributed by atoms with E-state index >= 15 is 0 Å². The van der Waals surface area contributed by atoms with Crippen LogP contribution in [0, 0.1) is 12.7 Å². The zero-order chi connectivity index (χ0) is 24.0. The molecule has 0 saturated heterocycles. The minimum atomic E-state index is -3.56. The van der Waals surface area contributed by atoms with Crippen molar-refractivity contribution >= 4 is 33.2 Å². The highest BCUT2D eigenvalue weighted by atomic mass is 35.5. The number of benzene rings is 3. The molecule has 3 rings (SSSR count). The lowest BCUT2D eigenvalue weighted by Crippen LogP contribution is -2.30. The summed E-state index contributed by atoms with van der Waals surface area (Å²) in [6, 6.07) is 17.4. The van der Waals surface area contributed by atoms with E-state index in [4.69, 9.17) is 16.3 Å². The molecule has 1 N–H and O–H groups in total. The van der Waals surface area contributed by atoms with Crippen LogP contribution in [-0.4, -0.2) is 33.7 Å². The fraction of sp³-hybridized carbons (Fsp3) is 0.208. The standard InChI is InChI=1S/C24H24ClFN2O4S/c1-17-3-8-20(25)15-23(17)28(33(2,30)31)16-18-4-6-19(7-5-18)24(29)27-13-14-32-22-11-9-21(26)10-12-22/h3-12,15H,13-14,16H2,1-2H3,(H,27,29). The van der Waals surface area contributed by atoms with Gasteiger partial charge in [-0.15, -0.1) is 0 Å². The van der Waals surface area contributed by atoms with Gasteiger partial charge in [-0.2, -0.15) is 0 Å². The Morgan fingerprint density at radius 2 is 1.73 bits per heavy atom. The fourth-order valence-electron chi connectivity index (χ4n) is 3.13. The maximum absolute atomic E-state index is 12.9. The van der Waals surface area contributed by atoms with Crippen molar-refractivity contribution in [2.75, 3.05) is 23.7 Å². The molecule has 3 aromatic carbocycles. The molecule has 0 heterocycles. The van der Waals surface area contributed by atoms with E-state index in [1.807, 2.05) is 6.92 Å². The number of carbonyl (C=O) groups excluding carboxylic acids is 1. The lowest BCUT2D eigenvalue weighted by Gasteiger charge is -2.24. The Bertz CT molecular complexity index is 1220. The van der Waals surface area contributed by atoms with Crippen LogP contribution >= 0.6 is 11.6 Å². The summed E-state index contributed by atoms with van der Waals surface area (Å²) in [7, 11) is -3.56. The average Bonchev–Trinajstić information content (AvgIpc) is 2.77. The highest BCUT2D eigenvalue weighted by Gasteiger charge is 2.20. The summed E-state index contributed by atoms with van der Waals surface area (Å²) in [4.78, 5) is 12.4. The average molecular weight is 491 g/mol. The molecule has 9 heteroatoms. The third-order valence-corrected chi connectivity index (χ3v) is 6.21. The lowest BCUT2D eigenvalue weighted by atomic mass is 10.1. The van der Waals surface area contributed by atoms with E-state index in [1.165, 1.54) is 28.6 Å². The number of carbonyl (C=O) groups is 1. The van der Waals surface area contributed by atoms with E-state index in [0.29, 0.717) is 22.0 Å². The number of amides is 1.